The summed E-state index contributed by atoms with van der Waals surface area (Å²) in [6.07, 6.45) is 5.39. The molecule has 30 heavy (non-hydrogen) atoms. The van der Waals surface area contributed by atoms with Crippen molar-refractivity contribution in [3.63, 3.8) is 0 Å². The maximum atomic E-state index is 13.9. The molecule has 0 bridgehead atoms. The van der Waals surface area contributed by atoms with Gasteiger partial charge in [0.05, 0.1) is 26.4 Å². The molecule has 0 aliphatic carbocycles. The Morgan fingerprint density at radius 2 is 1.63 bits per heavy atom. The van der Waals surface area contributed by atoms with Gasteiger partial charge in [-0.1, -0.05) is 19.1 Å². The number of alkyl halides is 2. The molecule has 0 amide bonds. The van der Waals surface area contributed by atoms with Crippen molar-refractivity contribution < 1.29 is 41.2 Å². The molecule has 5 nitrogen and oxygen atoms in total. The van der Waals surface area contributed by atoms with Gasteiger partial charge in [0, 0.05) is 17.4 Å². The standard InChI is InChI=1S/C21H26F4O5/c1-2-3-4-13-9-26-18(27-10-13)6-5-14-11-28-20(29-12-14)15-7-16(22)19(17(23)8-15)30-21(24)25/h3-4,7-8,13-14,18,20-21H,2,5-6,9-12H2,1H3. The molecule has 2 aliphatic rings. The summed E-state index contributed by atoms with van der Waals surface area (Å²) < 4.78 is 78.7. The van der Waals surface area contributed by atoms with Crippen LogP contribution in [0.5, 0.6) is 5.75 Å². The Labute approximate surface area is 172 Å². The van der Waals surface area contributed by atoms with Crippen LogP contribution < -0.4 is 4.74 Å². The van der Waals surface area contributed by atoms with Gasteiger partial charge in [0.25, 0.3) is 0 Å². The fraction of sp³-hybridized carbons (Fsp3) is 0.619. The third-order valence-electron chi connectivity index (χ3n) is 4.91. The Kier molecular flexibility index (Phi) is 8.50. The van der Waals surface area contributed by atoms with E-state index in [1.165, 1.54) is 0 Å². The lowest BCUT2D eigenvalue weighted by atomic mass is 10.0. The summed E-state index contributed by atoms with van der Waals surface area (Å²) in [5.41, 5.74) is 0.0650. The SMILES string of the molecule is CCC=CC1COC(CCC2COC(c3cc(F)c(OC(F)F)c(F)c3)OC2)OC1. The molecule has 2 saturated heterocycles. The summed E-state index contributed by atoms with van der Waals surface area (Å²) in [7, 11) is 0. The molecule has 0 saturated carbocycles. The Morgan fingerprint density at radius 3 is 2.20 bits per heavy atom. The van der Waals surface area contributed by atoms with Crippen molar-refractivity contribution in [1.82, 2.24) is 0 Å². The number of benzene rings is 1. The molecule has 2 fully saturated rings. The molecule has 2 heterocycles. The van der Waals surface area contributed by atoms with E-state index in [1.54, 1.807) is 0 Å². The number of hydrogen-bond acceptors (Lipinski definition) is 5. The van der Waals surface area contributed by atoms with E-state index in [-0.39, 0.29) is 23.7 Å². The summed E-state index contributed by atoms with van der Waals surface area (Å²) in [5, 5.41) is 0. The van der Waals surface area contributed by atoms with Gasteiger partial charge in [0.2, 0.25) is 0 Å². The number of halogens is 4. The minimum atomic E-state index is -3.32. The Bertz CT molecular complexity index is 676. The first-order valence-electron chi connectivity index (χ1n) is 10.0. The molecule has 3 rings (SSSR count). The molecule has 168 valence electrons. The van der Waals surface area contributed by atoms with E-state index in [9.17, 15) is 17.6 Å². The third kappa shape index (κ3) is 6.41. The van der Waals surface area contributed by atoms with Gasteiger partial charge in [0.1, 0.15) is 0 Å². The van der Waals surface area contributed by atoms with Crippen LogP contribution in [0, 0.1) is 23.5 Å². The van der Waals surface area contributed by atoms with Gasteiger partial charge in [-0.15, -0.1) is 0 Å². The largest absolute Gasteiger partial charge is 0.429 e. The number of allylic oxidation sites excluding steroid dienone is 1. The summed E-state index contributed by atoms with van der Waals surface area (Å²) in [6.45, 7) is 0.674. The minimum absolute atomic E-state index is 0.0650. The molecule has 0 spiro atoms. The van der Waals surface area contributed by atoms with Crippen molar-refractivity contribution in [1.29, 1.82) is 0 Å². The highest BCUT2D eigenvalue weighted by Gasteiger charge is 2.28. The van der Waals surface area contributed by atoms with Gasteiger partial charge in [-0.25, -0.2) is 8.78 Å². The highest BCUT2D eigenvalue weighted by atomic mass is 19.3. The quantitative estimate of drug-likeness (QED) is 0.427. The maximum Gasteiger partial charge on any atom is 0.387 e. The lowest BCUT2D eigenvalue weighted by molar-refractivity contribution is -0.217. The van der Waals surface area contributed by atoms with Crippen LogP contribution in [-0.4, -0.2) is 39.3 Å². The first-order valence-corrected chi connectivity index (χ1v) is 10.0. The van der Waals surface area contributed by atoms with Crippen molar-refractivity contribution in [3.05, 3.63) is 41.5 Å². The number of rotatable bonds is 8. The molecule has 1 aromatic carbocycles. The van der Waals surface area contributed by atoms with Crippen LogP contribution in [0.25, 0.3) is 0 Å². The lowest BCUT2D eigenvalue weighted by Crippen LogP contribution is -2.33. The van der Waals surface area contributed by atoms with Crippen LogP contribution in [0.4, 0.5) is 17.6 Å². The molecule has 0 aromatic heterocycles. The van der Waals surface area contributed by atoms with Crippen molar-refractivity contribution in [3.8, 4) is 5.75 Å². The second kappa shape index (κ2) is 11.1. The molecular formula is C21H26F4O5. The smallest absolute Gasteiger partial charge is 0.387 e. The summed E-state index contributed by atoms with van der Waals surface area (Å²) in [5.74, 6) is -3.23. The van der Waals surface area contributed by atoms with E-state index in [2.05, 4.69) is 23.8 Å². The van der Waals surface area contributed by atoms with Crippen molar-refractivity contribution in [2.24, 2.45) is 11.8 Å². The number of hydrogen-bond donors (Lipinski definition) is 0. The van der Waals surface area contributed by atoms with E-state index in [4.69, 9.17) is 18.9 Å². The predicted molar refractivity (Wildman–Crippen MR) is 99.0 cm³/mol. The minimum Gasteiger partial charge on any atom is -0.429 e. The molecule has 9 heteroatoms. The van der Waals surface area contributed by atoms with E-state index in [0.717, 1.165) is 25.0 Å². The van der Waals surface area contributed by atoms with Crippen LogP contribution in [-0.2, 0) is 18.9 Å². The third-order valence-corrected chi connectivity index (χ3v) is 4.91. The van der Waals surface area contributed by atoms with Crippen LogP contribution in [0.2, 0.25) is 0 Å². The zero-order valence-electron chi connectivity index (χ0n) is 16.7. The monoisotopic (exact) mass is 434 g/mol. The topological polar surface area (TPSA) is 46.2 Å². The average molecular weight is 434 g/mol. The summed E-state index contributed by atoms with van der Waals surface area (Å²) in [4.78, 5) is 0. The molecule has 0 atom stereocenters. The van der Waals surface area contributed by atoms with Gasteiger partial charge in [-0.2, -0.15) is 8.78 Å². The number of ether oxygens (including phenoxy) is 5. The summed E-state index contributed by atoms with van der Waals surface area (Å²) >= 11 is 0. The molecule has 0 N–H and O–H groups in total. The zero-order valence-corrected chi connectivity index (χ0v) is 16.7. The van der Waals surface area contributed by atoms with E-state index >= 15 is 0 Å². The second-order valence-corrected chi connectivity index (χ2v) is 7.33. The first-order chi connectivity index (χ1) is 14.5. The highest BCUT2D eigenvalue weighted by Crippen LogP contribution is 2.32. The second-order valence-electron chi connectivity index (χ2n) is 7.33. The summed E-state index contributed by atoms with van der Waals surface area (Å²) in [6, 6.07) is 1.75. The normalized spacial score (nSPS) is 27.7. The fourth-order valence-electron chi connectivity index (χ4n) is 3.36. The van der Waals surface area contributed by atoms with Gasteiger partial charge in [-0.05, 0) is 31.4 Å². The van der Waals surface area contributed by atoms with E-state index < -0.39 is 30.3 Å². The molecule has 0 radical (unpaired) electrons. The average Bonchev–Trinajstić information content (AvgIpc) is 2.74. The fourth-order valence-corrected chi connectivity index (χ4v) is 3.36. The zero-order chi connectivity index (χ0) is 21.5. The Balaban J connectivity index is 1.43. The van der Waals surface area contributed by atoms with Gasteiger partial charge in [-0.3, -0.25) is 0 Å². The Morgan fingerprint density at radius 1 is 1.00 bits per heavy atom. The maximum absolute atomic E-state index is 13.9. The molecule has 0 unspecified atom stereocenters. The van der Waals surface area contributed by atoms with Gasteiger partial charge >= 0.3 is 6.61 Å². The molecular weight excluding hydrogens is 408 g/mol. The van der Waals surface area contributed by atoms with Crippen molar-refractivity contribution in [2.45, 2.75) is 45.4 Å². The first kappa shape index (κ1) is 23.0. The van der Waals surface area contributed by atoms with Crippen LogP contribution in [0.3, 0.4) is 0 Å². The van der Waals surface area contributed by atoms with Crippen LogP contribution >= 0.6 is 0 Å². The van der Waals surface area contributed by atoms with Crippen molar-refractivity contribution in [2.75, 3.05) is 26.4 Å². The Hall–Kier alpha value is -1.68. The molecule has 1 aromatic rings. The lowest BCUT2D eigenvalue weighted by Gasteiger charge is -2.32. The van der Waals surface area contributed by atoms with Gasteiger partial charge in [0.15, 0.2) is 30.0 Å². The van der Waals surface area contributed by atoms with Crippen LogP contribution in [0.15, 0.2) is 24.3 Å². The van der Waals surface area contributed by atoms with Crippen LogP contribution in [0.1, 0.15) is 38.0 Å². The van der Waals surface area contributed by atoms with E-state index in [0.29, 0.717) is 32.8 Å². The molecule has 2 aliphatic heterocycles. The van der Waals surface area contributed by atoms with E-state index in [1.807, 2.05) is 0 Å². The predicted octanol–water partition coefficient (Wildman–Crippen LogP) is 4.96. The van der Waals surface area contributed by atoms with Crippen molar-refractivity contribution >= 4 is 0 Å². The highest BCUT2D eigenvalue weighted by molar-refractivity contribution is 5.32. The van der Waals surface area contributed by atoms with Gasteiger partial charge < -0.3 is 23.7 Å².